The van der Waals surface area contributed by atoms with Crippen LogP contribution in [0, 0.1) is 11.8 Å². The summed E-state index contributed by atoms with van der Waals surface area (Å²) in [4.78, 5) is 0. The summed E-state index contributed by atoms with van der Waals surface area (Å²) < 4.78 is 0. The molecule has 1 aliphatic carbocycles. The van der Waals surface area contributed by atoms with E-state index in [1.54, 1.807) is 0 Å². The van der Waals surface area contributed by atoms with Gasteiger partial charge in [-0.1, -0.05) is 39.5 Å². The van der Waals surface area contributed by atoms with Crippen LogP contribution in [0.1, 0.15) is 46.0 Å². The summed E-state index contributed by atoms with van der Waals surface area (Å²) in [6, 6.07) is 0. The van der Waals surface area contributed by atoms with Crippen LogP contribution >= 0.6 is 0 Å². The summed E-state index contributed by atoms with van der Waals surface area (Å²) in [7, 11) is 0. The van der Waals surface area contributed by atoms with Crippen molar-refractivity contribution in [3.05, 3.63) is 0 Å². The Labute approximate surface area is 58.7 Å². The van der Waals surface area contributed by atoms with Crippen LogP contribution in [0.25, 0.3) is 0 Å². The third-order valence-electron chi connectivity index (χ3n) is 2.62. The summed E-state index contributed by atoms with van der Waals surface area (Å²) in [5, 5.41) is 0. The molecular formula is C9H18. The quantitative estimate of drug-likeness (QED) is 0.506. The fraction of sp³-hybridized carbons (Fsp3) is 1.00. The van der Waals surface area contributed by atoms with Gasteiger partial charge < -0.3 is 0 Å². The maximum absolute atomic E-state index is 2.39. The lowest BCUT2D eigenvalue weighted by Gasteiger charge is -2.25. The van der Waals surface area contributed by atoms with Gasteiger partial charge in [0.15, 0.2) is 0 Å². The van der Waals surface area contributed by atoms with Crippen molar-refractivity contribution in [1.29, 1.82) is 0 Å². The predicted octanol–water partition coefficient (Wildman–Crippen LogP) is 3.22. The maximum atomic E-state index is 2.39. The van der Waals surface area contributed by atoms with E-state index in [1.165, 1.54) is 32.1 Å². The second kappa shape index (κ2) is 3.24. The molecule has 0 aliphatic heterocycles. The zero-order chi connectivity index (χ0) is 6.69. The maximum Gasteiger partial charge on any atom is -0.0414 e. The third kappa shape index (κ3) is 2.00. The van der Waals surface area contributed by atoms with Gasteiger partial charge in [-0.2, -0.15) is 0 Å². The molecule has 0 bridgehead atoms. The highest BCUT2D eigenvalue weighted by atomic mass is 14.2. The first-order valence-corrected chi connectivity index (χ1v) is 4.33. The molecule has 54 valence electrons. The summed E-state index contributed by atoms with van der Waals surface area (Å²) in [6.45, 7) is 4.71. The van der Waals surface area contributed by atoms with E-state index in [1.807, 2.05) is 0 Å². The number of hydrogen-bond donors (Lipinski definition) is 0. The van der Waals surface area contributed by atoms with E-state index in [-0.39, 0.29) is 0 Å². The van der Waals surface area contributed by atoms with Crippen LogP contribution in [0.2, 0.25) is 0 Å². The van der Waals surface area contributed by atoms with Crippen LogP contribution < -0.4 is 0 Å². The standard InChI is InChI=1S/C9H18/c1-3-9-6-4-5-8(2)7-9/h8-9H,3-7H2,1-2H3/t8?,9-/m1/s1. The number of hydrogen-bond acceptors (Lipinski definition) is 0. The second-order valence-corrected chi connectivity index (χ2v) is 3.55. The van der Waals surface area contributed by atoms with Gasteiger partial charge in [-0.3, -0.25) is 0 Å². The van der Waals surface area contributed by atoms with Crippen molar-refractivity contribution in [2.45, 2.75) is 46.0 Å². The molecule has 0 saturated heterocycles. The van der Waals surface area contributed by atoms with Crippen LogP contribution in [0.15, 0.2) is 0 Å². The summed E-state index contributed by atoms with van der Waals surface area (Å²) in [5.74, 6) is 2.08. The van der Waals surface area contributed by atoms with E-state index in [9.17, 15) is 0 Å². The Morgan fingerprint density at radius 1 is 1.33 bits per heavy atom. The van der Waals surface area contributed by atoms with Crippen molar-refractivity contribution in [3.63, 3.8) is 0 Å². The average molecular weight is 126 g/mol. The summed E-state index contributed by atoms with van der Waals surface area (Å²) in [5.41, 5.74) is 0. The van der Waals surface area contributed by atoms with Crippen LogP contribution in [0.5, 0.6) is 0 Å². The molecule has 9 heavy (non-hydrogen) atoms. The van der Waals surface area contributed by atoms with Crippen molar-refractivity contribution < 1.29 is 0 Å². The van der Waals surface area contributed by atoms with Crippen LogP contribution in [-0.2, 0) is 0 Å². The molecule has 2 atom stereocenters. The van der Waals surface area contributed by atoms with Gasteiger partial charge >= 0.3 is 0 Å². The van der Waals surface area contributed by atoms with Gasteiger partial charge in [-0.05, 0) is 18.3 Å². The number of rotatable bonds is 1. The first kappa shape index (κ1) is 7.11. The van der Waals surface area contributed by atoms with Crippen LogP contribution in [-0.4, -0.2) is 0 Å². The Kier molecular flexibility index (Phi) is 2.56. The minimum Gasteiger partial charge on any atom is -0.0651 e. The predicted molar refractivity (Wildman–Crippen MR) is 41.4 cm³/mol. The van der Waals surface area contributed by atoms with Gasteiger partial charge in [0.1, 0.15) is 0 Å². The SMILES string of the molecule is CC[C@@H]1CCCC(C)C1. The van der Waals surface area contributed by atoms with Gasteiger partial charge in [0, 0.05) is 0 Å². The molecule has 1 saturated carbocycles. The minimum absolute atomic E-state index is 1.02. The zero-order valence-corrected chi connectivity index (χ0v) is 6.69. The Balaban J connectivity index is 2.23. The molecule has 0 radical (unpaired) electrons. The summed E-state index contributed by atoms with van der Waals surface area (Å²) in [6.07, 6.45) is 7.37. The molecule has 0 aromatic heterocycles. The second-order valence-electron chi connectivity index (χ2n) is 3.55. The average Bonchev–Trinajstić information content (AvgIpc) is 1.88. The molecule has 0 N–H and O–H groups in total. The van der Waals surface area contributed by atoms with Crippen molar-refractivity contribution >= 4 is 0 Å². The molecule has 1 fully saturated rings. The van der Waals surface area contributed by atoms with Crippen molar-refractivity contribution in [3.8, 4) is 0 Å². The van der Waals surface area contributed by atoms with E-state index in [2.05, 4.69) is 13.8 Å². The molecule has 1 rings (SSSR count). The highest BCUT2D eigenvalue weighted by Crippen LogP contribution is 2.29. The minimum atomic E-state index is 1.02. The highest BCUT2D eigenvalue weighted by Gasteiger charge is 2.16. The fourth-order valence-electron chi connectivity index (χ4n) is 1.93. The molecule has 0 nitrogen and oxygen atoms in total. The Bertz CT molecular complexity index is 76.1. The normalized spacial score (nSPS) is 36.7. The van der Waals surface area contributed by atoms with E-state index in [4.69, 9.17) is 0 Å². The lowest BCUT2D eigenvalue weighted by molar-refractivity contribution is 0.276. The molecule has 1 aliphatic rings. The fourth-order valence-corrected chi connectivity index (χ4v) is 1.93. The largest absolute Gasteiger partial charge is 0.0651 e. The van der Waals surface area contributed by atoms with Gasteiger partial charge in [-0.25, -0.2) is 0 Å². The van der Waals surface area contributed by atoms with Crippen LogP contribution in [0.3, 0.4) is 0 Å². The van der Waals surface area contributed by atoms with Crippen molar-refractivity contribution in [1.82, 2.24) is 0 Å². The van der Waals surface area contributed by atoms with Crippen molar-refractivity contribution in [2.75, 3.05) is 0 Å². The van der Waals surface area contributed by atoms with Gasteiger partial charge in [0.05, 0.1) is 0 Å². The Morgan fingerprint density at radius 2 is 2.11 bits per heavy atom. The highest BCUT2D eigenvalue weighted by molar-refractivity contribution is 4.68. The third-order valence-corrected chi connectivity index (χ3v) is 2.62. The Hall–Kier alpha value is 0. The van der Waals surface area contributed by atoms with Crippen molar-refractivity contribution in [2.24, 2.45) is 11.8 Å². The van der Waals surface area contributed by atoms with Gasteiger partial charge in [0.2, 0.25) is 0 Å². The van der Waals surface area contributed by atoms with E-state index in [0.717, 1.165) is 11.8 Å². The van der Waals surface area contributed by atoms with E-state index < -0.39 is 0 Å². The van der Waals surface area contributed by atoms with Gasteiger partial charge in [0.25, 0.3) is 0 Å². The van der Waals surface area contributed by atoms with Gasteiger partial charge in [-0.15, -0.1) is 0 Å². The molecule has 1 unspecified atom stereocenters. The lowest BCUT2D eigenvalue weighted by atomic mass is 9.81. The van der Waals surface area contributed by atoms with E-state index in [0.29, 0.717) is 0 Å². The molecule has 0 aromatic rings. The molecule has 0 heteroatoms. The molecular weight excluding hydrogens is 108 g/mol. The molecule has 0 heterocycles. The molecule has 0 amide bonds. The first-order valence-electron chi connectivity index (χ1n) is 4.33. The summed E-state index contributed by atoms with van der Waals surface area (Å²) >= 11 is 0. The zero-order valence-electron chi connectivity index (χ0n) is 6.69. The molecule has 0 aromatic carbocycles. The lowest BCUT2D eigenvalue weighted by Crippen LogP contribution is -2.11. The van der Waals surface area contributed by atoms with E-state index >= 15 is 0 Å². The van der Waals surface area contributed by atoms with Crippen LogP contribution in [0.4, 0.5) is 0 Å². The Morgan fingerprint density at radius 3 is 2.56 bits per heavy atom. The first-order chi connectivity index (χ1) is 4.33. The smallest absolute Gasteiger partial charge is 0.0414 e. The molecule has 0 spiro atoms. The topological polar surface area (TPSA) is 0 Å². The monoisotopic (exact) mass is 126 g/mol.